The molecule has 160 valence electrons. The number of hydrogen-bond donors (Lipinski definition) is 1. The van der Waals surface area contributed by atoms with E-state index in [0.29, 0.717) is 25.4 Å². The number of rotatable bonds is 12. The van der Waals surface area contributed by atoms with Crippen molar-refractivity contribution in [2.75, 3.05) is 33.9 Å². The maximum atomic E-state index is 10.3. The SMILES string of the molecule is COc1ccc(OC[C@@H](O)CN(C)Cc2ccc(OCCn3cccn3)cc2)cc1. The first-order valence-electron chi connectivity index (χ1n) is 9.95. The zero-order chi connectivity index (χ0) is 21.2. The Balaban J connectivity index is 1.36. The van der Waals surface area contributed by atoms with Gasteiger partial charge in [0.15, 0.2) is 0 Å². The van der Waals surface area contributed by atoms with Gasteiger partial charge in [0.05, 0.1) is 13.7 Å². The molecule has 0 amide bonds. The van der Waals surface area contributed by atoms with Crippen LogP contribution in [0.5, 0.6) is 17.2 Å². The Labute approximate surface area is 177 Å². The highest BCUT2D eigenvalue weighted by Crippen LogP contribution is 2.17. The van der Waals surface area contributed by atoms with E-state index in [1.54, 1.807) is 13.3 Å². The van der Waals surface area contributed by atoms with Crippen molar-refractivity contribution >= 4 is 0 Å². The smallest absolute Gasteiger partial charge is 0.119 e. The zero-order valence-electron chi connectivity index (χ0n) is 17.5. The molecule has 3 rings (SSSR count). The number of aliphatic hydroxyl groups is 1. The molecule has 3 aromatic rings. The van der Waals surface area contributed by atoms with Crippen molar-refractivity contribution in [3.63, 3.8) is 0 Å². The van der Waals surface area contributed by atoms with Gasteiger partial charge in [0, 0.05) is 25.5 Å². The third kappa shape index (κ3) is 7.09. The maximum absolute atomic E-state index is 10.3. The number of aromatic nitrogens is 2. The first-order valence-corrected chi connectivity index (χ1v) is 9.95. The molecule has 1 aromatic heterocycles. The lowest BCUT2D eigenvalue weighted by atomic mass is 10.2. The molecule has 1 heterocycles. The summed E-state index contributed by atoms with van der Waals surface area (Å²) in [5, 5.41) is 14.4. The van der Waals surface area contributed by atoms with Crippen LogP contribution in [0, 0.1) is 0 Å². The molecule has 7 heteroatoms. The summed E-state index contributed by atoms with van der Waals surface area (Å²) in [6, 6.07) is 17.2. The van der Waals surface area contributed by atoms with Crippen LogP contribution in [0.3, 0.4) is 0 Å². The molecule has 0 fully saturated rings. The largest absolute Gasteiger partial charge is 0.497 e. The van der Waals surface area contributed by atoms with Gasteiger partial charge < -0.3 is 19.3 Å². The Morgan fingerprint density at radius 2 is 1.67 bits per heavy atom. The number of hydrogen-bond acceptors (Lipinski definition) is 6. The molecule has 0 spiro atoms. The van der Waals surface area contributed by atoms with Crippen molar-refractivity contribution in [3.8, 4) is 17.2 Å². The molecule has 0 saturated heterocycles. The molecule has 7 nitrogen and oxygen atoms in total. The molecule has 1 N–H and O–H groups in total. The molecule has 30 heavy (non-hydrogen) atoms. The minimum Gasteiger partial charge on any atom is -0.497 e. The van der Waals surface area contributed by atoms with Gasteiger partial charge in [-0.15, -0.1) is 0 Å². The summed E-state index contributed by atoms with van der Waals surface area (Å²) in [7, 11) is 3.60. The molecule has 0 aliphatic carbocycles. The molecule has 0 saturated carbocycles. The van der Waals surface area contributed by atoms with Gasteiger partial charge >= 0.3 is 0 Å². The summed E-state index contributed by atoms with van der Waals surface area (Å²) in [4.78, 5) is 2.07. The van der Waals surface area contributed by atoms with E-state index in [2.05, 4.69) is 10.00 Å². The number of benzene rings is 2. The van der Waals surface area contributed by atoms with Crippen molar-refractivity contribution in [1.29, 1.82) is 0 Å². The highest BCUT2D eigenvalue weighted by molar-refractivity contribution is 5.31. The average molecular weight is 412 g/mol. The van der Waals surface area contributed by atoms with Gasteiger partial charge in [-0.2, -0.15) is 5.10 Å². The van der Waals surface area contributed by atoms with E-state index in [1.807, 2.05) is 72.5 Å². The summed E-state index contributed by atoms with van der Waals surface area (Å²) in [5.41, 5.74) is 1.15. The molecule has 0 bridgehead atoms. The number of methoxy groups -OCH3 is 1. The molecule has 1 atom stereocenters. The Bertz CT molecular complexity index is 851. The first-order chi connectivity index (χ1) is 14.6. The van der Waals surface area contributed by atoms with Gasteiger partial charge in [0.25, 0.3) is 0 Å². The summed E-state index contributed by atoms with van der Waals surface area (Å²) < 4.78 is 18.4. The molecule has 0 unspecified atom stereocenters. The van der Waals surface area contributed by atoms with Gasteiger partial charge in [-0.25, -0.2) is 0 Å². The van der Waals surface area contributed by atoms with Crippen molar-refractivity contribution in [2.24, 2.45) is 0 Å². The van der Waals surface area contributed by atoms with Crippen LogP contribution in [-0.4, -0.2) is 59.8 Å². The normalized spacial score (nSPS) is 12.0. The predicted molar refractivity (Wildman–Crippen MR) is 115 cm³/mol. The fraction of sp³-hybridized carbons (Fsp3) is 0.348. The lowest BCUT2D eigenvalue weighted by molar-refractivity contribution is 0.0743. The Kier molecular flexibility index (Phi) is 8.11. The Morgan fingerprint density at radius 1 is 1.00 bits per heavy atom. The second-order valence-electron chi connectivity index (χ2n) is 7.10. The number of likely N-dealkylation sites (N-methyl/N-ethyl adjacent to an activating group) is 1. The third-order valence-electron chi connectivity index (χ3n) is 4.55. The first kappa shape index (κ1) is 21.7. The van der Waals surface area contributed by atoms with E-state index >= 15 is 0 Å². The third-order valence-corrected chi connectivity index (χ3v) is 4.55. The average Bonchev–Trinajstić information content (AvgIpc) is 3.27. The van der Waals surface area contributed by atoms with Gasteiger partial charge in [-0.05, 0) is 55.1 Å². The predicted octanol–water partition coefficient (Wildman–Crippen LogP) is 2.84. The van der Waals surface area contributed by atoms with Gasteiger partial charge in [-0.1, -0.05) is 12.1 Å². The second-order valence-corrected chi connectivity index (χ2v) is 7.10. The number of nitrogens with zero attached hydrogens (tertiary/aromatic N) is 3. The van der Waals surface area contributed by atoms with Crippen LogP contribution in [0.4, 0.5) is 0 Å². The van der Waals surface area contributed by atoms with E-state index < -0.39 is 6.10 Å². The zero-order valence-corrected chi connectivity index (χ0v) is 17.5. The van der Waals surface area contributed by atoms with Crippen molar-refractivity contribution in [1.82, 2.24) is 14.7 Å². The Hall–Kier alpha value is -3.03. The van der Waals surface area contributed by atoms with Gasteiger partial charge in [0.2, 0.25) is 0 Å². The van der Waals surface area contributed by atoms with Gasteiger partial charge in [0.1, 0.15) is 36.6 Å². The fourth-order valence-corrected chi connectivity index (χ4v) is 3.03. The standard InChI is InChI=1S/C23H29N3O4/c1-25(17-20(27)18-30-23-10-8-21(28-2)9-11-23)16-19-4-6-22(7-5-19)29-15-14-26-13-3-12-24-26/h3-13,20,27H,14-18H2,1-2H3/t20-/m0/s1. The summed E-state index contributed by atoms with van der Waals surface area (Å²) in [6.45, 7) is 2.76. The van der Waals surface area contributed by atoms with Crippen LogP contribution >= 0.6 is 0 Å². The molecule has 0 aliphatic rings. The van der Waals surface area contributed by atoms with Crippen LogP contribution in [0.25, 0.3) is 0 Å². The lowest BCUT2D eigenvalue weighted by Gasteiger charge is -2.21. The topological polar surface area (TPSA) is 69.0 Å². The molecule has 0 radical (unpaired) electrons. The highest BCUT2D eigenvalue weighted by Gasteiger charge is 2.10. The molecular weight excluding hydrogens is 382 g/mol. The monoisotopic (exact) mass is 411 g/mol. The maximum Gasteiger partial charge on any atom is 0.119 e. The van der Waals surface area contributed by atoms with E-state index in [0.717, 1.165) is 23.6 Å². The Morgan fingerprint density at radius 3 is 2.33 bits per heavy atom. The van der Waals surface area contributed by atoms with E-state index in [1.165, 1.54) is 0 Å². The molecular formula is C23H29N3O4. The van der Waals surface area contributed by atoms with Crippen molar-refractivity contribution < 1.29 is 19.3 Å². The van der Waals surface area contributed by atoms with Crippen LogP contribution in [0.15, 0.2) is 67.0 Å². The van der Waals surface area contributed by atoms with E-state index in [-0.39, 0.29) is 6.61 Å². The van der Waals surface area contributed by atoms with Crippen LogP contribution in [-0.2, 0) is 13.1 Å². The van der Waals surface area contributed by atoms with Crippen molar-refractivity contribution in [3.05, 3.63) is 72.6 Å². The highest BCUT2D eigenvalue weighted by atomic mass is 16.5. The second kappa shape index (κ2) is 11.2. The molecule has 0 aliphatic heterocycles. The number of aliphatic hydroxyl groups excluding tert-OH is 1. The van der Waals surface area contributed by atoms with Crippen LogP contribution in [0.2, 0.25) is 0 Å². The van der Waals surface area contributed by atoms with E-state index in [4.69, 9.17) is 14.2 Å². The quantitative estimate of drug-likeness (QED) is 0.494. The van der Waals surface area contributed by atoms with E-state index in [9.17, 15) is 5.11 Å². The lowest BCUT2D eigenvalue weighted by Crippen LogP contribution is -2.32. The summed E-state index contributed by atoms with van der Waals surface area (Å²) in [5.74, 6) is 2.32. The minimum atomic E-state index is -0.581. The minimum absolute atomic E-state index is 0.236. The molecule has 2 aromatic carbocycles. The van der Waals surface area contributed by atoms with Crippen molar-refractivity contribution in [2.45, 2.75) is 19.2 Å². The number of ether oxygens (including phenoxy) is 3. The van der Waals surface area contributed by atoms with Gasteiger partial charge in [-0.3, -0.25) is 9.58 Å². The summed E-state index contributed by atoms with van der Waals surface area (Å²) >= 11 is 0. The summed E-state index contributed by atoms with van der Waals surface area (Å²) in [6.07, 6.45) is 3.09. The van der Waals surface area contributed by atoms with Crippen LogP contribution in [0.1, 0.15) is 5.56 Å². The van der Waals surface area contributed by atoms with Crippen LogP contribution < -0.4 is 14.2 Å². The fourth-order valence-electron chi connectivity index (χ4n) is 3.03.